The summed E-state index contributed by atoms with van der Waals surface area (Å²) in [5, 5.41) is -1.22. The van der Waals surface area contributed by atoms with E-state index in [1.165, 1.54) is 13.8 Å². The number of hydrogen-bond donors (Lipinski definition) is 0. The van der Waals surface area contributed by atoms with Crippen LogP contribution in [0.5, 0.6) is 0 Å². The summed E-state index contributed by atoms with van der Waals surface area (Å²) in [6.07, 6.45) is 0. The second kappa shape index (κ2) is 5.91. The molecule has 0 spiro atoms. The molecule has 8 nitrogen and oxygen atoms in total. The molecule has 0 unspecified atom stereocenters. The summed E-state index contributed by atoms with van der Waals surface area (Å²) in [4.78, 5) is 37.3. The molecule has 2 aliphatic rings. The lowest BCUT2D eigenvalue weighted by molar-refractivity contribution is -0.179. The van der Waals surface area contributed by atoms with Crippen LogP contribution in [0.15, 0.2) is 0 Å². The maximum absolute atomic E-state index is 12.7. The molecule has 142 valence electrons. The summed E-state index contributed by atoms with van der Waals surface area (Å²) in [7, 11) is -3.86. The van der Waals surface area contributed by atoms with Crippen LogP contribution in [0.4, 0.5) is 0 Å². The van der Waals surface area contributed by atoms with E-state index >= 15 is 0 Å². The zero-order chi connectivity index (χ0) is 19.6. The van der Waals surface area contributed by atoms with E-state index in [9.17, 15) is 22.8 Å². The van der Waals surface area contributed by atoms with Gasteiger partial charge in [-0.15, -0.1) is 0 Å². The molecular weight excluding hydrogens is 486 g/mol. The molecule has 0 N–H and O–H groups in total. The highest BCUT2D eigenvalue weighted by Gasteiger charge is 2.77. The van der Waals surface area contributed by atoms with Crippen LogP contribution in [0.3, 0.4) is 0 Å². The van der Waals surface area contributed by atoms with Gasteiger partial charge in [0.1, 0.15) is 10.8 Å². The maximum Gasteiger partial charge on any atom is 0.333 e. The number of amides is 1. The Morgan fingerprint density at radius 2 is 1.72 bits per heavy atom. The van der Waals surface area contributed by atoms with Crippen LogP contribution in [0.1, 0.15) is 34.6 Å². The molecule has 2 rings (SSSR count). The molecule has 0 bridgehead atoms. The van der Waals surface area contributed by atoms with Crippen molar-refractivity contribution in [2.45, 2.75) is 54.0 Å². The zero-order valence-electron chi connectivity index (χ0n) is 14.3. The first kappa shape index (κ1) is 20.6. The molecule has 0 radical (unpaired) electrons. The molecule has 25 heavy (non-hydrogen) atoms. The summed E-state index contributed by atoms with van der Waals surface area (Å²) in [5.74, 6) is -2.10. The topological polar surface area (TPSA) is 107 Å². The number of sulfone groups is 1. The highest BCUT2D eigenvalue weighted by atomic mass is 79.9. The van der Waals surface area contributed by atoms with Gasteiger partial charge in [-0.1, -0.05) is 31.9 Å². The lowest BCUT2D eigenvalue weighted by Crippen LogP contribution is -2.69. The fourth-order valence-corrected chi connectivity index (χ4v) is 7.13. The SMILES string of the molecule is CC(C)(C)C(=O)OCOC(=O)[C@@H]1N2C(=O)C(Br)(Br)[C@H]2S(=O)(=O)C1(C)C. The summed E-state index contributed by atoms with van der Waals surface area (Å²) in [6.45, 7) is 6.98. The smallest absolute Gasteiger partial charge is 0.333 e. The third-order valence-electron chi connectivity index (χ3n) is 4.27. The monoisotopic (exact) mass is 503 g/mol. The first-order chi connectivity index (χ1) is 11.1. The van der Waals surface area contributed by atoms with Crippen molar-refractivity contribution in [2.24, 2.45) is 5.41 Å². The molecule has 0 aliphatic carbocycles. The number of hydrogen-bond acceptors (Lipinski definition) is 7. The van der Waals surface area contributed by atoms with Crippen LogP contribution < -0.4 is 0 Å². The Hall–Kier alpha value is -0.680. The average molecular weight is 505 g/mol. The molecule has 0 aromatic carbocycles. The molecule has 2 atom stereocenters. The standard InChI is InChI=1S/C14H19Br2NO7S/c1-12(2,3)11(20)24-6-23-8(18)7-13(4,5)25(21,22)10-14(15,16)9(19)17(7)10/h7,10H,6H2,1-5H3/t7-,10+/m0/s1. The highest BCUT2D eigenvalue weighted by Crippen LogP contribution is 2.56. The van der Waals surface area contributed by atoms with E-state index in [2.05, 4.69) is 31.9 Å². The van der Waals surface area contributed by atoms with E-state index in [0.29, 0.717) is 0 Å². The summed E-state index contributed by atoms with van der Waals surface area (Å²) in [5.41, 5.74) is -0.771. The Kier molecular flexibility index (Phi) is 4.88. The van der Waals surface area contributed by atoms with Gasteiger partial charge in [-0.05, 0) is 34.6 Å². The molecule has 1 amide bonds. The van der Waals surface area contributed by atoms with Crippen LogP contribution in [0.25, 0.3) is 0 Å². The van der Waals surface area contributed by atoms with E-state index in [-0.39, 0.29) is 0 Å². The van der Waals surface area contributed by atoms with Crippen molar-refractivity contribution >= 4 is 59.5 Å². The molecule has 2 aliphatic heterocycles. The molecule has 0 aromatic rings. The molecule has 0 saturated carbocycles. The number of halogens is 2. The lowest BCUT2D eigenvalue weighted by atomic mass is 9.97. The average Bonchev–Trinajstić information content (AvgIpc) is 2.59. The van der Waals surface area contributed by atoms with Gasteiger partial charge in [0, 0.05) is 0 Å². The van der Waals surface area contributed by atoms with Gasteiger partial charge in [0.2, 0.25) is 6.79 Å². The van der Waals surface area contributed by atoms with E-state index in [1.807, 2.05) is 0 Å². The number of alkyl halides is 2. The minimum atomic E-state index is -3.86. The number of ether oxygens (including phenoxy) is 2. The summed E-state index contributed by atoms with van der Waals surface area (Å²) in [6, 6.07) is -1.33. The largest absolute Gasteiger partial charge is 0.427 e. The van der Waals surface area contributed by atoms with Gasteiger partial charge in [0.05, 0.1) is 5.41 Å². The number of fused-ring (bicyclic) bond motifs is 1. The number of β-lactam (4-membered cyclic amide) rings is 1. The van der Waals surface area contributed by atoms with Crippen molar-refractivity contribution in [3.8, 4) is 0 Å². The maximum atomic E-state index is 12.7. The van der Waals surface area contributed by atoms with Gasteiger partial charge in [-0.25, -0.2) is 13.2 Å². The van der Waals surface area contributed by atoms with Crippen molar-refractivity contribution in [1.29, 1.82) is 0 Å². The van der Waals surface area contributed by atoms with Crippen LogP contribution in [-0.4, -0.2) is 57.4 Å². The first-order valence-corrected chi connectivity index (χ1v) is 10.5. The van der Waals surface area contributed by atoms with Crippen LogP contribution in [-0.2, 0) is 33.7 Å². The van der Waals surface area contributed by atoms with Gasteiger partial charge in [0.15, 0.2) is 18.4 Å². The lowest BCUT2D eigenvalue weighted by Gasteiger charge is -2.45. The molecular formula is C14H19Br2NO7S. The fraction of sp³-hybridized carbons (Fsp3) is 0.786. The third-order valence-corrected chi connectivity index (χ3v) is 9.28. The first-order valence-electron chi connectivity index (χ1n) is 7.36. The van der Waals surface area contributed by atoms with Gasteiger partial charge < -0.3 is 14.4 Å². The van der Waals surface area contributed by atoms with Crippen molar-refractivity contribution in [3.63, 3.8) is 0 Å². The predicted octanol–water partition coefficient (Wildman–Crippen LogP) is 1.31. The number of carbonyl (C=O) groups excluding carboxylic acids is 3. The van der Waals surface area contributed by atoms with Crippen LogP contribution in [0.2, 0.25) is 0 Å². The van der Waals surface area contributed by atoms with E-state index in [0.717, 1.165) is 4.90 Å². The summed E-state index contributed by atoms with van der Waals surface area (Å²) >= 11 is 6.12. The fourth-order valence-electron chi connectivity index (χ4n) is 2.70. The van der Waals surface area contributed by atoms with Gasteiger partial charge in [-0.3, -0.25) is 9.59 Å². The second-order valence-electron chi connectivity index (χ2n) is 7.50. The van der Waals surface area contributed by atoms with E-state index in [4.69, 9.17) is 9.47 Å². The van der Waals surface area contributed by atoms with Crippen LogP contribution in [0, 0.1) is 5.41 Å². The van der Waals surface area contributed by atoms with Gasteiger partial charge in [-0.2, -0.15) is 0 Å². The Morgan fingerprint density at radius 1 is 1.20 bits per heavy atom. The Morgan fingerprint density at radius 3 is 2.20 bits per heavy atom. The van der Waals surface area contributed by atoms with E-state index in [1.54, 1.807) is 20.8 Å². The van der Waals surface area contributed by atoms with E-state index < -0.39 is 59.3 Å². The second-order valence-corrected chi connectivity index (χ2v) is 13.7. The molecule has 2 heterocycles. The number of rotatable bonds is 3. The van der Waals surface area contributed by atoms with Gasteiger partial charge in [0.25, 0.3) is 5.91 Å². The molecule has 2 saturated heterocycles. The number of esters is 2. The minimum absolute atomic E-state index is 0.573. The summed E-state index contributed by atoms with van der Waals surface area (Å²) < 4.78 is 32.2. The number of nitrogens with zero attached hydrogens (tertiary/aromatic N) is 1. The van der Waals surface area contributed by atoms with Gasteiger partial charge >= 0.3 is 11.9 Å². The van der Waals surface area contributed by atoms with Crippen molar-refractivity contribution < 1.29 is 32.3 Å². The number of carbonyl (C=O) groups is 3. The normalized spacial score (nSPS) is 28.8. The van der Waals surface area contributed by atoms with Crippen molar-refractivity contribution in [2.75, 3.05) is 6.79 Å². The van der Waals surface area contributed by atoms with Crippen molar-refractivity contribution in [3.05, 3.63) is 0 Å². The Labute approximate surface area is 162 Å². The third kappa shape index (κ3) is 2.91. The van der Waals surface area contributed by atoms with Crippen LogP contribution >= 0.6 is 31.9 Å². The minimum Gasteiger partial charge on any atom is -0.427 e. The zero-order valence-corrected chi connectivity index (χ0v) is 18.3. The molecule has 0 aromatic heterocycles. The quantitative estimate of drug-likeness (QED) is 0.247. The Bertz CT molecular complexity index is 739. The molecule has 2 fully saturated rings. The Balaban J connectivity index is 2.17. The molecule has 11 heteroatoms. The van der Waals surface area contributed by atoms with Crippen molar-refractivity contribution in [1.82, 2.24) is 4.90 Å². The highest BCUT2D eigenvalue weighted by molar-refractivity contribution is 9.26. The predicted molar refractivity (Wildman–Crippen MR) is 94.5 cm³/mol.